The topological polar surface area (TPSA) is 114 Å². The van der Waals surface area contributed by atoms with E-state index in [1.165, 1.54) is 0 Å². The zero-order valence-electron chi connectivity index (χ0n) is 18.9. The highest BCUT2D eigenvalue weighted by Crippen LogP contribution is 2.27. The van der Waals surface area contributed by atoms with Crippen LogP contribution in [0.25, 0.3) is 0 Å². The number of pyridine rings is 1. The summed E-state index contributed by atoms with van der Waals surface area (Å²) in [7, 11) is 3.15. The van der Waals surface area contributed by atoms with Gasteiger partial charge in [-0.25, -0.2) is 4.98 Å². The van der Waals surface area contributed by atoms with Crippen LogP contribution in [0.3, 0.4) is 0 Å². The van der Waals surface area contributed by atoms with Crippen LogP contribution in [0.5, 0.6) is 11.5 Å². The number of ether oxygens (including phenoxy) is 3. The maximum Gasteiger partial charge on any atom is 0.309 e. The second-order valence-electron chi connectivity index (χ2n) is 7.68. The number of hydrogen-bond acceptors (Lipinski definition) is 8. The van der Waals surface area contributed by atoms with Gasteiger partial charge in [-0.1, -0.05) is 6.07 Å². The Labute approximate surface area is 193 Å². The number of carbonyl (C=O) groups excluding carboxylic acids is 2. The molecule has 0 bridgehead atoms. The molecule has 1 aromatic heterocycles. The molecular weight excluding hydrogens is 424 g/mol. The van der Waals surface area contributed by atoms with E-state index in [1.54, 1.807) is 26.5 Å². The Morgan fingerprint density at radius 1 is 1.15 bits per heavy atom. The molecule has 1 saturated heterocycles. The molecule has 174 valence electrons. The summed E-state index contributed by atoms with van der Waals surface area (Å²) in [5.74, 6) is 1.15. The fourth-order valence-electron chi connectivity index (χ4n) is 3.67. The van der Waals surface area contributed by atoms with E-state index in [1.807, 2.05) is 30.3 Å². The lowest BCUT2D eigenvalue weighted by atomic mass is 9.97. The van der Waals surface area contributed by atoms with E-state index in [0.717, 1.165) is 11.4 Å². The largest absolute Gasteiger partial charge is 0.493 e. The van der Waals surface area contributed by atoms with E-state index in [0.29, 0.717) is 56.0 Å². The summed E-state index contributed by atoms with van der Waals surface area (Å²) >= 11 is 0. The number of methoxy groups -OCH3 is 2. The van der Waals surface area contributed by atoms with Crippen molar-refractivity contribution in [2.75, 3.05) is 45.4 Å². The third-order valence-corrected chi connectivity index (χ3v) is 5.56. The first kappa shape index (κ1) is 23.9. The molecule has 0 radical (unpaired) electrons. The third kappa shape index (κ3) is 6.59. The summed E-state index contributed by atoms with van der Waals surface area (Å²) in [6, 6.07) is 11.2. The lowest BCUT2D eigenvalue weighted by Crippen LogP contribution is -2.38. The Hall–Kier alpha value is -3.80. The second-order valence-corrected chi connectivity index (χ2v) is 7.68. The molecule has 9 nitrogen and oxygen atoms in total. The quantitative estimate of drug-likeness (QED) is 0.576. The number of aromatic nitrogens is 1. The number of amides is 1. The molecule has 0 unspecified atom stereocenters. The Balaban J connectivity index is 1.36. The van der Waals surface area contributed by atoms with Crippen molar-refractivity contribution in [2.45, 2.75) is 19.3 Å². The van der Waals surface area contributed by atoms with Crippen LogP contribution >= 0.6 is 0 Å². The van der Waals surface area contributed by atoms with E-state index < -0.39 is 0 Å². The van der Waals surface area contributed by atoms with Gasteiger partial charge in [-0.05, 0) is 49.1 Å². The van der Waals surface area contributed by atoms with Gasteiger partial charge in [-0.15, -0.1) is 0 Å². The van der Waals surface area contributed by atoms with Gasteiger partial charge in [-0.3, -0.25) is 9.59 Å². The Bertz CT molecular complexity index is 995. The highest BCUT2D eigenvalue weighted by Gasteiger charge is 2.27. The van der Waals surface area contributed by atoms with E-state index in [-0.39, 0.29) is 24.4 Å². The number of piperidine rings is 1. The molecule has 2 aromatic rings. The number of nitrogens with one attached hydrogen (secondary N) is 1. The van der Waals surface area contributed by atoms with Crippen molar-refractivity contribution in [1.29, 1.82) is 5.26 Å². The Morgan fingerprint density at radius 3 is 2.55 bits per heavy atom. The number of nitrogens with zero attached hydrogens (tertiary/aromatic N) is 3. The predicted molar refractivity (Wildman–Crippen MR) is 121 cm³/mol. The number of hydrogen-bond donors (Lipinski definition) is 1. The first-order chi connectivity index (χ1) is 16.0. The normalized spacial score (nSPS) is 13.7. The van der Waals surface area contributed by atoms with Gasteiger partial charge in [-0.2, -0.15) is 5.26 Å². The summed E-state index contributed by atoms with van der Waals surface area (Å²) in [5.41, 5.74) is 1.51. The van der Waals surface area contributed by atoms with E-state index >= 15 is 0 Å². The van der Waals surface area contributed by atoms with Crippen LogP contribution in [0.4, 0.5) is 5.82 Å². The van der Waals surface area contributed by atoms with Gasteiger partial charge in [0.25, 0.3) is 5.91 Å². The van der Waals surface area contributed by atoms with Gasteiger partial charge < -0.3 is 24.4 Å². The number of benzene rings is 1. The van der Waals surface area contributed by atoms with Crippen molar-refractivity contribution in [2.24, 2.45) is 5.92 Å². The molecule has 1 aliphatic rings. The Morgan fingerprint density at radius 2 is 1.91 bits per heavy atom. The molecule has 2 heterocycles. The maximum absolute atomic E-state index is 12.4. The van der Waals surface area contributed by atoms with Crippen LogP contribution < -0.4 is 19.7 Å². The van der Waals surface area contributed by atoms with Gasteiger partial charge in [0.05, 0.1) is 25.7 Å². The average molecular weight is 453 g/mol. The van der Waals surface area contributed by atoms with Crippen molar-refractivity contribution in [3.63, 3.8) is 0 Å². The van der Waals surface area contributed by atoms with E-state index in [2.05, 4.69) is 15.2 Å². The molecule has 0 aliphatic carbocycles. The molecule has 1 aliphatic heterocycles. The van der Waals surface area contributed by atoms with Crippen LogP contribution in [0.15, 0.2) is 36.5 Å². The summed E-state index contributed by atoms with van der Waals surface area (Å²) in [6.07, 6.45) is 3.41. The SMILES string of the molecule is COc1ccc(CCNC(=O)COC(=O)C2CCN(c3ccc(C#N)cn3)CC2)cc1OC. The highest BCUT2D eigenvalue weighted by atomic mass is 16.5. The fourth-order valence-corrected chi connectivity index (χ4v) is 3.67. The lowest BCUT2D eigenvalue weighted by molar-refractivity contribution is -0.153. The van der Waals surface area contributed by atoms with Gasteiger partial charge in [0.15, 0.2) is 18.1 Å². The molecule has 1 amide bonds. The monoisotopic (exact) mass is 452 g/mol. The molecule has 33 heavy (non-hydrogen) atoms. The molecule has 9 heteroatoms. The first-order valence-electron chi connectivity index (χ1n) is 10.8. The molecule has 1 fully saturated rings. The second kappa shape index (κ2) is 11.7. The zero-order chi connectivity index (χ0) is 23.6. The predicted octanol–water partition coefficient (Wildman–Crippen LogP) is 2.09. The molecular formula is C24H28N4O5. The Kier molecular flexibility index (Phi) is 8.47. The molecule has 1 aromatic carbocycles. The minimum absolute atomic E-state index is 0.237. The van der Waals surface area contributed by atoms with E-state index in [9.17, 15) is 9.59 Å². The van der Waals surface area contributed by atoms with Gasteiger partial charge in [0, 0.05) is 25.8 Å². The number of esters is 1. The van der Waals surface area contributed by atoms with Crippen LogP contribution in [-0.4, -0.2) is 57.3 Å². The van der Waals surface area contributed by atoms with Crippen molar-refractivity contribution in [3.05, 3.63) is 47.7 Å². The van der Waals surface area contributed by atoms with Gasteiger partial charge >= 0.3 is 5.97 Å². The number of rotatable bonds is 9. The number of carbonyl (C=O) groups is 2. The third-order valence-electron chi connectivity index (χ3n) is 5.56. The minimum atomic E-state index is -0.350. The van der Waals surface area contributed by atoms with Crippen LogP contribution in [-0.2, 0) is 20.7 Å². The van der Waals surface area contributed by atoms with Gasteiger partial charge in [0.2, 0.25) is 0 Å². The molecule has 0 saturated carbocycles. The van der Waals surface area contributed by atoms with Crippen LogP contribution in [0.2, 0.25) is 0 Å². The average Bonchev–Trinajstić information content (AvgIpc) is 2.87. The molecule has 0 atom stereocenters. The summed E-state index contributed by atoms with van der Waals surface area (Å²) in [5, 5.41) is 11.6. The minimum Gasteiger partial charge on any atom is -0.493 e. The number of anilines is 1. The molecule has 3 rings (SSSR count). The first-order valence-corrected chi connectivity index (χ1v) is 10.8. The highest BCUT2D eigenvalue weighted by molar-refractivity contribution is 5.81. The van der Waals surface area contributed by atoms with Gasteiger partial charge in [0.1, 0.15) is 11.9 Å². The number of nitriles is 1. The summed E-state index contributed by atoms with van der Waals surface area (Å²) in [4.78, 5) is 30.8. The van der Waals surface area contributed by atoms with Crippen LogP contribution in [0.1, 0.15) is 24.0 Å². The van der Waals surface area contributed by atoms with E-state index in [4.69, 9.17) is 19.5 Å². The fraction of sp³-hybridized carbons (Fsp3) is 0.417. The lowest BCUT2D eigenvalue weighted by Gasteiger charge is -2.31. The summed E-state index contributed by atoms with van der Waals surface area (Å²) in [6.45, 7) is 1.45. The van der Waals surface area contributed by atoms with Crippen molar-refractivity contribution < 1.29 is 23.8 Å². The molecule has 1 N–H and O–H groups in total. The standard InChI is InChI=1S/C24H28N4O5/c1-31-20-5-3-17(13-21(20)32-2)7-10-26-23(29)16-33-24(30)19-8-11-28(12-9-19)22-6-4-18(14-25)15-27-22/h3-6,13,15,19H,7-12,16H2,1-2H3,(H,26,29). The smallest absolute Gasteiger partial charge is 0.309 e. The van der Waals surface area contributed by atoms with Crippen LogP contribution in [0, 0.1) is 17.2 Å². The molecule has 0 spiro atoms. The van der Waals surface area contributed by atoms with Crippen molar-refractivity contribution in [1.82, 2.24) is 10.3 Å². The van der Waals surface area contributed by atoms with Crippen molar-refractivity contribution >= 4 is 17.7 Å². The zero-order valence-corrected chi connectivity index (χ0v) is 18.9. The summed E-state index contributed by atoms with van der Waals surface area (Å²) < 4.78 is 15.7. The maximum atomic E-state index is 12.4. The van der Waals surface area contributed by atoms with Crippen molar-refractivity contribution in [3.8, 4) is 17.6 Å².